The van der Waals surface area contributed by atoms with Crippen molar-refractivity contribution in [3.05, 3.63) is 0 Å². The van der Waals surface area contributed by atoms with E-state index in [0.29, 0.717) is 0 Å². The van der Waals surface area contributed by atoms with Crippen LogP contribution in [0, 0.1) is 0 Å². The maximum atomic E-state index is 4.43. The number of hydrogen-bond acceptors (Lipinski definition) is 2. The summed E-state index contributed by atoms with van der Waals surface area (Å²) in [6.07, 6.45) is 34.2. The van der Waals surface area contributed by atoms with Gasteiger partial charge in [-0.1, -0.05) is 122 Å². The van der Waals surface area contributed by atoms with Gasteiger partial charge in [0.05, 0.1) is 0 Å². The van der Waals surface area contributed by atoms with Crippen LogP contribution in [0.1, 0.15) is 148 Å². The normalized spacial score (nSPS) is 42.2. The Morgan fingerprint density at radius 3 is 1.03 bits per heavy atom. The summed E-state index contributed by atoms with van der Waals surface area (Å²) >= 11 is 0. The third kappa shape index (κ3) is 6.22. The van der Waals surface area contributed by atoms with E-state index in [2.05, 4.69) is 10.6 Å². The summed E-state index contributed by atoms with van der Waals surface area (Å²) in [7, 11) is 0. The van der Waals surface area contributed by atoms with Crippen LogP contribution in [-0.4, -0.2) is 30.9 Å². The lowest BCUT2D eigenvalue weighted by atomic mass is 9.20. The summed E-state index contributed by atoms with van der Waals surface area (Å²) in [6.45, 7) is 1.01. The van der Waals surface area contributed by atoms with Crippen LogP contribution in [0.3, 0.4) is 0 Å². The molecule has 0 bridgehead atoms. The summed E-state index contributed by atoms with van der Waals surface area (Å²) in [4.78, 5) is 0. The first-order chi connectivity index (χ1) is 16.4. The van der Waals surface area contributed by atoms with Gasteiger partial charge in [0, 0.05) is 24.2 Å². The molecule has 5 aliphatic rings. The number of nitrogens with one attached hydrogen (secondary N) is 2. The Balaban J connectivity index is 1.46. The highest BCUT2D eigenvalue weighted by atomic mass is 15.0. The molecule has 2 heterocycles. The highest BCUT2D eigenvalue weighted by Gasteiger charge is 2.55. The zero-order chi connectivity index (χ0) is 22.3. The zero-order valence-corrected chi connectivity index (χ0v) is 21.9. The van der Waals surface area contributed by atoms with Gasteiger partial charge < -0.3 is 10.6 Å². The van der Waals surface area contributed by atoms with Gasteiger partial charge >= 0.3 is 0 Å². The van der Waals surface area contributed by atoms with Gasteiger partial charge in [-0.2, -0.15) is 0 Å². The molecule has 3 heteroatoms. The Kier molecular flexibility index (Phi) is 9.57. The average Bonchev–Trinajstić information content (AvgIpc) is 3.01. The maximum absolute atomic E-state index is 4.43. The van der Waals surface area contributed by atoms with Gasteiger partial charge in [0.1, 0.15) is 0 Å². The largest absolute Gasteiger partial charge is 0.312 e. The summed E-state index contributed by atoms with van der Waals surface area (Å²) in [5.74, 6) is 2.85. The van der Waals surface area contributed by atoms with Crippen LogP contribution in [0.4, 0.5) is 0 Å². The summed E-state index contributed by atoms with van der Waals surface area (Å²) in [5, 5.41) is 8.86. The Hall–Kier alpha value is -0.0151. The number of hydrogen-bond donors (Lipinski definition) is 2. The molecule has 2 aliphatic heterocycles. The molecule has 0 aromatic rings. The van der Waals surface area contributed by atoms with Gasteiger partial charge in [-0.15, -0.1) is 0 Å². The Labute approximate surface area is 206 Å². The van der Waals surface area contributed by atoms with Crippen molar-refractivity contribution in [1.82, 2.24) is 10.6 Å². The lowest BCUT2D eigenvalue weighted by Gasteiger charge is -2.58. The molecule has 3 saturated carbocycles. The average molecular weight is 455 g/mol. The molecule has 2 saturated heterocycles. The molecule has 0 spiro atoms. The van der Waals surface area contributed by atoms with E-state index in [1.54, 1.807) is 0 Å². The van der Waals surface area contributed by atoms with E-state index in [-0.39, 0.29) is 0 Å². The zero-order valence-electron chi connectivity index (χ0n) is 21.9. The minimum atomic E-state index is 0.794. The molecule has 188 valence electrons. The first-order valence-electron chi connectivity index (χ1n) is 15.9. The van der Waals surface area contributed by atoms with Gasteiger partial charge in [-0.05, 0) is 43.1 Å². The third-order valence-electron chi connectivity index (χ3n) is 10.9. The van der Waals surface area contributed by atoms with Crippen molar-refractivity contribution in [2.75, 3.05) is 0 Å². The van der Waals surface area contributed by atoms with Gasteiger partial charge in [0.25, 0.3) is 0 Å². The lowest BCUT2D eigenvalue weighted by molar-refractivity contribution is 0.225. The molecule has 0 aromatic carbocycles. The third-order valence-corrected chi connectivity index (χ3v) is 10.9. The van der Waals surface area contributed by atoms with Crippen molar-refractivity contribution in [3.63, 3.8) is 0 Å². The summed E-state index contributed by atoms with van der Waals surface area (Å²) in [6, 6.07) is 3.24. The van der Waals surface area contributed by atoms with Crippen LogP contribution < -0.4 is 10.6 Å². The van der Waals surface area contributed by atoms with Gasteiger partial charge in [0.15, 0.2) is 6.71 Å². The van der Waals surface area contributed by atoms with E-state index in [1.807, 2.05) is 0 Å². The summed E-state index contributed by atoms with van der Waals surface area (Å²) in [5.41, 5.74) is 0. The van der Waals surface area contributed by atoms with Crippen molar-refractivity contribution < 1.29 is 0 Å². The molecule has 0 aromatic heterocycles. The monoisotopic (exact) mass is 454 g/mol. The maximum Gasteiger partial charge on any atom is 0.156 e. The Morgan fingerprint density at radius 1 is 0.333 bits per heavy atom. The van der Waals surface area contributed by atoms with Crippen LogP contribution >= 0.6 is 0 Å². The van der Waals surface area contributed by atoms with Crippen LogP contribution in [0.5, 0.6) is 0 Å². The second kappa shape index (κ2) is 12.8. The predicted molar refractivity (Wildman–Crippen MR) is 145 cm³/mol. The molecular weight excluding hydrogens is 399 g/mol. The first kappa shape index (κ1) is 24.7. The minimum Gasteiger partial charge on any atom is -0.312 e. The van der Waals surface area contributed by atoms with Crippen LogP contribution in [0.25, 0.3) is 0 Å². The molecule has 5 rings (SSSR count). The van der Waals surface area contributed by atoms with E-state index in [9.17, 15) is 0 Å². The lowest BCUT2D eigenvalue weighted by Crippen LogP contribution is -2.68. The summed E-state index contributed by atoms with van der Waals surface area (Å²) < 4.78 is 0. The van der Waals surface area contributed by atoms with Crippen LogP contribution in [0.2, 0.25) is 17.5 Å². The Bertz CT molecular complexity index is 521. The fraction of sp³-hybridized carbons (Fsp3) is 1.00. The molecule has 33 heavy (non-hydrogen) atoms. The van der Waals surface area contributed by atoms with E-state index in [1.165, 1.54) is 148 Å². The standard InChI is InChI=1S/C30H55BN2/c1-2-8-16-22-28-30-29(23-17-9-3-1)33-27-21-15-11-5-7-13-19-25(27)31(30)24-18-12-6-4-10-14-20-26(24)32-28/h24-30,32-33H,1-23H2. The molecule has 2 N–H and O–H groups in total. The van der Waals surface area contributed by atoms with Gasteiger partial charge in [0.2, 0.25) is 0 Å². The van der Waals surface area contributed by atoms with Crippen molar-refractivity contribution in [3.8, 4) is 0 Å². The molecular formula is C30H55BN2. The van der Waals surface area contributed by atoms with Crippen LogP contribution in [-0.2, 0) is 0 Å². The van der Waals surface area contributed by atoms with Gasteiger partial charge in [-0.3, -0.25) is 0 Å². The van der Waals surface area contributed by atoms with E-state index < -0.39 is 0 Å². The predicted octanol–water partition coefficient (Wildman–Crippen LogP) is 8.29. The highest BCUT2D eigenvalue weighted by molar-refractivity contribution is 6.65. The quantitative estimate of drug-likeness (QED) is 0.360. The van der Waals surface area contributed by atoms with E-state index in [0.717, 1.165) is 48.3 Å². The second-order valence-corrected chi connectivity index (χ2v) is 13.0. The molecule has 0 amide bonds. The second-order valence-electron chi connectivity index (χ2n) is 13.0. The highest BCUT2D eigenvalue weighted by Crippen LogP contribution is 2.52. The molecule has 2 nitrogen and oxygen atoms in total. The molecule has 6 atom stereocenters. The SMILES string of the molecule is C1CCCCC2NC3CCCCCCCC3B3C4CCCCCCCC4NC(CCCC1)C32. The van der Waals surface area contributed by atoms with Crippen LogP contribution in [0.15, 0.2) is 0 Å². The van der Waals surface area contributed by atoms with Crippen molar-refractivity contribution >= 4 is 6.71 Å². The topological polar surface area (TPSA) is 24.1 Å². The molecule has 5 fully saturated rings. The van der Waals surface area contributed by atoms with Crippen molar-refractivity contribution in [2.45, 2.75) is 189 Å². The molecule has 0 radical (unpaired) electrons. The van der Waals surface area contributed by atoms with E-state index >= 15 is 0 Å². The van der Waals surface area contributed by atoms with E-state index in [4.69, 9.17) is 0 Å². The molecule has 6 unspecified atom stereocenters. The fourth-order valence-corrected chi connectivity index (χ4v) is 9.36. The molecule has 3 aliphatic carbocycles. The first-order valence-corrected chi connectivity index (χ1v) is 15.9. The Morgan fingerprint density at radius 2 is 0.636 bits per heavy atom. The fourth-order valence-electron chi connectivity index (χ4n) is 9.36. The smallest absolute Gasteiger partial charge is 0.156 e. The van der Waals surface area contributed by atoms with Crippen molar-refractivity contribution in [2.24, 2.45) is 0 Å². The van der Waals surface area contributed by atoms with Gasteiger partial charge in [-0.25, -0.2) is 0 Å². The number of rotatable bonds is 0. The minimum absolute atomic E-state index is 0.794. The van der Waals surface area contributed by atoms with Crippen molar-refractivity contribution in [1.29, 1.82) is 0 Å². The number of fused-ring (bicyclic) bond motifs is 4.